The van der Waals surface area contributed by atoms with Gasteiger partial charge in [-0.3, -0.25) is 4.79 Å². The molecule has 1 atom stereocenters. The Morgan fingerprint density at radius 1 is 1.20 bits per heavy atom. The van der Waals surface area contributed by atoms with E-state index in [1.54, 1.807) is 31.2 Å². The largest absolute Gasteiger partial charge is 0.456 e. The van der Waals surface area contributed by atoms with Crippen molar-refractivity contribution in [2.75, 3.05) is 0 Å². The van der Waals surface area contributed by atoms with Crippen LogP contribution in [0, 0.1) is 5.82 Å². The first-order valence-electron chi connectivity index (χ1n) is 6.10. The molecule has 0 aliphatic rings. The molecule has 1 unspecified atom stereocenters. The first kappa shape index (κ1) is 14.0. The lowest BCUT2D eigenvalue weighted by molar-refractivity contribution is 0.0998. The number of amides is 1. The van der Waals surface area contributed by atoms with E-state index in [4.69, 9.17) is 16.2 Å². The summed E-state index contributed by atoms with van der Waals surface area (Å²) in [7, 11) is 0. The summed E-state index contributed by atoms with van der Waals surface area (Å²) in [5.74, 6) is -0.276. The maximum Gasteiger partial charge on any atom is 0.252 e. The molecule has 4 nitrogen and oxygen atoms in total. The second-order valence-corrected chi connectivity index (χ2v) is 4.43. The number of primary amides is 1. The van der Waals surface area contributed by atoms with E-state index in [1.807, 2.05) is 0 Å². The van der Waals surface area contributed by atoms with Crippen molar-refractivity contribution in [1.29, 1.82) is 0 Å². The van der Waals surface area contributed by atoms with Crippen LogP contribution in [0.2, 0.25) is 0 Å². The zero-order valence-electron chi connectivity index (χ0n) is 11.0. The van der Waals surface area contributed by atoms with Gasteiger partial charge in [-0.15, -0.1) is 0 Å². The number of hydrogen-bond acceptors (Lipinski definition) is 3. The van der Waals surface area contributed by atoms with Gasteiger partial charge in [0.2, 0.25) is 0 Å². The SMILES string of the molecule is CC(N)c1cc(F)ccc1Oc1ccccc1C(N)=O. The van der Waals surface area contributed by atoms with Crippen molar-refractivity contribution in [3.8, 4) is 11.5 Å². The van der Waals surface area contributed by atoms with Crippen molar-refractivity contribution >= 4 is 5.91 Å². The summed E-state index contributed by atoms with van der Waals surface area (Å²) in [5.41, 5.74) is 11.9. The van der Waals surface area contributed by atoms with Gasteiger partial charge in [0.15, 0.2) is 0 Å². The first-order valence-corrected chi connectivity index (χ1v) is 6.10. The summed E-state index contributed by atoms with van der Waals surface area (Å²) in [6, 6.07) is 10.2. The molecule has 20 heavy (non-hydrogen) atoms. The van der Waals surface area contributed by atoms with Gasteiger partial charge in [-0.05, 0) is 37.3 Å². The quantitative estimate of drug-likeness (QED) is 0.899. The van der Waals surface area contributed by atoms with E-state index in [-0.39, 0.29) is 5.56 Å². The third-order valence-corrected chi connectivity index (χ3v) is 2.83. The molecule has 0 spiro atoms. The fraction of sp³-hybridized carbons (Fsp3) is 0.133. The van der Waals surface area contributed by atoms with Gasteiger partial charge in [-0.1, -0.05) is 12.1 Å². The summed E-state index contributed by atoms with van der Waals surface area (Å²) in [4.78, 5) is 11.3. The number of rotatable bonds is 4. The second-order valence-electron chi connectivity index (χ2n) is 4.43. The summed E-state index contributed by atoms with van der Waals surface area (Å²) >= 11 is 0. The lowest BCUT2D eigenvalue weighted by atomic mass is 10.1. The normalized spacial score (nSPS) is 11.9. The van der Waals surface area contributed by atoms with Crippen molar-refractivity contribution in [3.05, 3.63) is 59.4 Å². The molecule has 0 heterocycles. The molecule has 2 rings (SSSR count). The van der Waals surface area contributed by atoms with E-state index in [0.717, 1.165) is 0 Å². The molecular formula is C15H15FN2O2. The molecule has 4 N–H and O–H groups in total. The molecule has 5 heteroatoms. The van der Waals surface area contributed by atoms with Crippen molar-refractivity contribution in [3.63, 3.8) is 0 Å². The fourth-order valence-corrected chi connectivity index (χ4v) is 1.85. The predicted octanol–water partition coefficient (Wildman–Crippen LogP) is 2.74. The third-order valence-electron chi connectivity index (χ3n) is 2.83. The Kier molecular flexibility index (Phi) is 4.00. The van der Waals surface area contributed by atoms with E-state index in [2.05, 4.69) is 0 Å². The number of nitrogens with two attached hydrogens (primary N) is 2. The topological polar surface area (TPSA) is 78.3 Å². The van der Waals surface area contributed by atoms with Gasteiger partial charge < -0.3 is 16.2 Å². The van der Waals surface area contributed by atoms with Gasteiger partial charge in [0.05, 0.1) is 5.56 Å². The minimum absolute atomic E-state index is 0.257. The number of hydrogen-bond donors (Lipinski definition) is 2. The van der Waals surface area contributed by atoms with Gasteiger partial charge in [-0.25, -0.2) is 4.39 Å². The number of carbonyl (C=O) groups is 1. The molecule has 0 aromatic heterocycles. The van der Waals surface area contributed by atoms with Crippen LogP contribution in [0.15, 0.2) is 42.5 Å². The molecule has 104 valence electrons. The Bertz CT molecular complexity index is 642. The van der Waals surface area contributed by atoms with Crippen molar-refractivity contribution in [1.82, 2.24) is 0 Å². The van der Waals surface area contributed by atoms with Crippen LogP contribution in [0.1, 0.15) is 28.9 Å². The highest BCUT2D eigenvalue weighted by atomic mass is 19.1. The average molecular weight is 274 g/mol. The average Bonchev–Trinajstić information content (AvgIpc) is 2.41. The Labute approximate surface area is 116 Å². The zero-order valence-corrected chi connectivity index (χ0v) is 11.0. The van der Waals surface area contributed by atoms with Gasteiger partial charge in [0.1, 0.15) is 17.3 Å². The Balaban J connectivity index is 2.43. The highest BCUT2D eigenvalue weighted by Crippen LogP contribution is 2.31. The first-order chi connectivity index (χ1) is 9.49. The van der Waals surface area contributed by atoms with Crippen LogP contribution >= 0.6 is 0 Å². The van der Waals surface area contributed by atoms with Crippen LogP contribution in [-0.2, 0) is 0 Å². The zero-order chi connectivity index (χ0) is 14.7. The molecule has 2 aromatic rings. The summed E-state index contributed by atoms with van der Waals surface area (Å²) < 4.78 is 18.9. The van der Waals surface area contributed by atoms with Crippen molar-refractivity contribution in [2.45, 2.75) is 13.0 Å². The third kappa shape index (κ3) is 2.95. The van der Waals surface area contributed by atoms with E-state index in [1.165, 1.54) is 18.2 Å². The predicted molar refractivity (Wildman–Crippen MR) is 74.0 cm³/mol. The van der Waals surface area contributed by atoms with Gasteiger partial charge >= 0.3 is 0 Å². The van der Waals surface area contributed by atoms with Crippen LogP contribution in [0.4, 0.5) is 4.39 Å². The Morgan fingerprint density at radius 2 is 1.90 bits per heavy atom. The van der Waals surface area contributed by atoms with E-state index < -0.39 is 17.8 Å². The smallest absolute Gasteiger partial charge is 0.252 e. The van der Waals surface area contributed by atoms with E-state index >= 15 is 0 Å². The number of benzene rings is 2. The Hall–Kier alpha value is -2.40. The molecule has 0 bridgehead atoms. The van der Waals surface area contributed by atoms with Gasteiger partial charge in [0.25, 0.3) is 5.91 Å². The Morgan fingerprint density at radius 3 is 2.55 bits per heavy atom. The van der Waals surface area contributed by atoms with Crippen molar-refractivity contribution in [2.24, 2.45) is 11.5 Å². The molecule has 0 fully saturated rings. The number of ether oxygens (including phenoxy) is 1. The molecule has 0 aliphatic heterocycles. The second kappa shape index (κ2) is 5.71. The monoisotopic (exact) mass is 274 g/mol. The van der Waals surface area contributed by atoms with E-state index in [0.29, 0.717) is 17.1 Å². The molecule has 0 radical (unpaired) electrons. The van der Waals surface area contributed by atoms with Crippen molar-refractivity contribution < 1.29 is 13.9 Å². The summed E-state index contributed by atoms with van der Waals surface area (Å²) in [6.07, 6.45) is 0. The molecule has 0 aliphatic carbocycles. The molecule has 2 aromatic carbocycles. The minimum atomic E-state index is -0.593. The van der Waals surface area contributed by atoms with Crippen LogP contribution in [-0.4, -0.2) is 5.91 Å². The number of carbonyl (C=O) groups excluding carboxylic acids is 1. The fourth-order valence-electron chi connectivity index (χ4n) is 1.85. The molecule has 0 saturated carbocycles. The summed E-state index contributed by atoms with van der Waals surface area (Å²) in [5, 5.41) is 0. The maximum absolute atomic E-state index is 13.3. The molecule has 1 amide bonds. The van der Waals surface area contributed by atoms with Gasteiger partial charge in [-0.2, -0.15) is 0 Å². The van der Waals surface area contributed by atoms with Crippen LogP contribution < -0.4 is 16.2 Å². The molecular weight excluding hydrogens is 259 g/mol. The number of halogens is 1. The summed E-state index contributed by atoms with van der Waals surface area (Å²) in [6.45, 7) is 1.72. The minimum Gasteiger partial charge on any atom is -0.456 e. The van der Waals surface area contributed by atoms with Crippen LogP contribution in [0.3, 0.4) is 0 Å². The lowest BCUT2D eigenvalue weighted by Crippen LogP contribution is -2.12. The van der Waals surface area contributed by atoms with Crippen LogP contribution in [0.5, 0.6) is 11.5 Å². The number of para-hydroxylation sites is 1. The van der Waals surface area contributed by atoms with Gasteiger partial charge in [0, 0.05) is 11.6 Å². The molecule has 0 saturated heterocycles. The maximum atomic E-state index is 13.3. The lowest BCUT2D eigenvalue weighted by Gasteiger charge is -2.15. The highest BCUT2D eigenvalue weighted by Gasteiger charge is 2.14. The standard InChI is InChI=1S/C15H15FN2O2/c1-9(17)12-8-10(16)6-7-14(12)20-13-5-3-2-4-11(13)15(18)19/h2-9H,17H2,1H3,(H2,18,19). The van der Waals surface area contributed by atoms with E-state index in [9.17, 15) is 9.18 Å². The highest BCUT2D eigenvalue weighted by molar-refractivity contribution is 5.95. The van der Waals surface area contributed by atoms with Crippen LogP contribution in [0.25, 0.3) is 0 Å².